The molecule has 0 aliphatic carbocycles. The molecular formula is C14H21N3O3. The number of hydrogen-bond donors (Lipinski definition) is 3. The lowest BCUT2D eigenvalue weighted by Crippen LogP contribution is -2.46. The van der Waals surface area contributed by atoms with Crippen molar-refractivity contribution in [3.63, 3.8) is 0 Å². The van der Waals surface area contributed by atoms with Gasteiger partial charge in [0, 0.05) is 25.3 Å². The van der Waals surface area contributed by atoms with Gasteiger partial charge in [-0.3, -0.25) is 9.69 Å². The van der Waals surface area contributed by atoms with Crippen LogP contribution in [0.3, 0.4) is 0 Å². The molecule has 4 N–H and O–H groups in total. The van der Waals surface area contributed by atoms with Crippen LogP contribution in [0.1, 0.15) is 5.56 Å². The van der Waals surface area contributed by atoms with Crippen molar-refractivity contribution in [2.75, 3.05) is 38.2 Å². The summed E-state index contributed by atoms with van der Waals surface area (Å²) in [5, 5.41) is 11.9. The molecule has 1 aromatic rings. The minimum absolute atomic E-state index is 0.0152. The molecule has 1 saturated heterocycles. The highest BCUT2D eigenvalue weighted by atomic mass is 16.5. The first kappa shape index (κ1) is 14.9. The number of hydrogen-bond acceptors (Lipinski definition) is 5. The van der Waals surface area contributed by atoms with Crippen LogP contribution in [0.4, 0.5) is 5.69 Å². The van der Waals surface area contributed by atoms with E-state index >= 15 is 0 Å². The number of carbonyl (C=O) groups is 1. The van der Waals surface area contributed by atoms with E-state index < -0.39 is 0 Å². The number of amides is 1. The number of nitrogens with two attached hydrogens (primary N) is 1. The molecule has 0 aromatic heterocycles. The first-order valence-corrected chi connectivity index (χ1v) is 6.75. The number of anilines is 1. The summed E-state index contributed by atoms with van der Waals surface area (Å²) in [4.78, 5) is 13.9. The van der Waals surface area contributed by atoms with Gasteiger partial charge in [-0.2, -0.15) is 0 Å². The number of nitrogens with one attached hydrogen (secondary N) is 1. The number of benzene rings is 1. The second-order valence-electron chi connectivity index (χ2n) is 4.86. The van der Waals surface area contributed by atoms with Crippen LogP contribution < -0.4 is 11.1 Å². The molecule has 1 unspecified atom stereocenters. The first-order valence-electron chi connectivity index (χ1n) is 6.75. The molecule has 1 atom stereocenters. The maximum atomic E-state index is 11.9. The molecule has 0 radical (unpaired) electrons. The molecule has 110 valence electrons. The summed E-state index contributed by atoms with van der Waals surface area (Å²) >= 11 is 0. The number of carbonyl (C=O) groups excluding carboxylic acids is 1. The fraction of sp³-hybridized carbons (Fsp3) is 0.500. The lowest BCUT2D eigenvalue weighted by Gasteiger charge is -2.31. The number of aliphatic hydroxyl groups is 1. The van der Waals surface area contributed by atoms with Crippen LogP contribution in [0, 0.1) is 0 Å². The van der Waals surface area contributed by atoms with E-state index in [1.165, 1.54) is 0 Å². The molecule has 0 bridgehead atoms. The van der Waals surface area contributed by atoms with Crippen molar-refractivity contribution in [3.8, 4) is 0 Å². The highest BCUT2D eigenvalue weighted by Crippen LogP contribution is 2.10. The first-order chi connectivity index (χ1) is 9.71. The largest absolute Gasteiger partial charge is 0.394 e. The van der Waals surface area contributed by atoms with Crippen LogP contribution in [0.2, 0.25) is 0 Å². The second kappa shape index (κ2) is 7.35. The number of rotatable bonds is 5. The molecule has 1 amide bonds. The Hall–Kier alpha value is -1.47. The van der Waals surface area contributed by atoms with Gasteiger partial charge in [-0.25, -0.2) is 0 Å². The van der Waals surface area contributed by atoms with E-state index in [1.54, 1.807) is 0 Å². The molecule has 20 heavy (non-hydrogen) atoms. The van der Waals surface area contributed by atoms with Crippen molar-refractivity contribution in [1.82, 2.24) is 4.90 Å². The summed E-state index contributed by atoms with van der Waals surface area (Å²) < 4.78 is 5.35. The van der Waals surface area contributed by atoms with Gasteiger partial charge in [-0.15, -0.1) is 0 Å². The summed E-state index contributed by atoms with van der Waals surface area (Å²) in [5.41, 5.74) is 7.32. The number of aliphatic hydroxyl groups excluding tert-OH is 1. The second-order valence-corrected chi connectivity index (χ2v) is 4.86. The monoisotopic (exact) mass is 279 g/mol. The Morgan fingerprint density at radius 2 is 2.20 bits per heavy atom. The van der Waals surface area contributed by atoms with Gasteiger partial charge in [-0.05, 0) is 17.7 Å². The lowest BCUT2D eigenvalue weighted by atomic mass is 10.2. The van der Waals surface area contributed by atoms with E-state index in [0.717, 1.165) is 11.3 Å². The van der Waals surface area contributed by atoms with Crippen molar-refractivity contribution >= 4 is 11.6 Å². The fourth-order valence-corrected chi connectivity index (χ4v) is 2.16. The van der Waals surface area contributed by atoms with E-state index in [2.05, 4.69) is 5.32 Å². The van der Waals surface area contributed by atoms with Gasteiger partial charge in [0.25, 0.3) is 0 Å². The van der Waals surface area contributed by atoms with Crippen molar-refractivity contribution in [3.05, 3.63) is 29.8 Å². The van der Waals surface area contributed by atoms with Gasteiger partial charge in [0.2, 0.25) is 5.91 Å². The van der Waals surface area contributed by atoms with Gasteiger partial charge in [0.1, 0.15) is 0 Å². The molecule has 0 saturated carbocycles. The number of morpholine rings is 1. The van der Waals surface area contributed by atoms with Crippen LogP contribution in [0.15, 0.2) is 24.3 Å². The molecule has 6 nitrogen and oxygen atoms in total. The quantitative estimate of drug-likeness (QED) is 0.693. The van der Waals surface area contributed by atoms with Crippen LogP contribution in [-0.4, -0.2) is 54.9 Å². The third-order valence-corrected chi connectivity index (χ3v) is 3.27. The zero-order valence-electron chi connectivity index (χ0n) is 11.4. The highest BCUT2D eigenvalue weighted by molar-refractivity contribution is 5.92. The average molecular weight is 279 g/mol. The smallest absolute Gasteiger partial charge is 0.238 e. The minimum atomic E-state index is -0.194. The normalized spacial score (nSPS) is 19.8. The number of nitrogens with zero attached hydrogens (tertiary/aromatic N) is 1. The minimum Gasteiger partial charge on any atom is -0.394 e. The van der Waals surface area contributed by atoms with Crippen LogP contribution in [0.25, 0.3) is 0 Å². The third kappa shape index (κ3) is 4.28. The van der Waals surface area contributed by atoms with E-state index in [1.807, 2.05) is 29.2 Å². The van der Waals surface area contributed by atoms with E-state index in [9.17, 15) is 4.79 Å². The fourth-order valence-electron chi connectivity index (χ4n) is 2.16. The Kier molecular flexibility index (Phi) is 5.49. The molecule has 1 heterocycles. The predicted octanol–water partition coefficient (Wildman–Crippen LogP) is -0.223. The van der Waals surface area contributed by atoms with Crippen LogP contribution in [0.5, 0.6) is 0 Å². The molecule has 2 rings (SSSR count). The predicted molar refractivity (Wildman–Crippen MR) is 76.2 cm³/mol. The Balaban J connectivity index is 1.82. The summed E-state index contributed by atoms with van der Waals surface area (Å²) in [6.07, 6.45) is -0.194. The molecule has 1 fully saturated rings. The van der Waals surface area contributed by atoms with Crippen LogP contribution in [-0.2, 0) is 16.1 Å². The third-order valence-electron chi connectivity index (χ3n) is 3.27. The van der Waals surface area contributed by atoms with Gasteiger partial charge >= 0.3 is 0 Å². The molecule has 0 spiro atoms. The van der Waals surface area contributed by atoms with E-state index in [-0.39, 0.29) is 18.6 Å². The molecular weight excluding hydrogens is 258 g/mol. The Labute approximate surface area is 118 Å². The van der Waals surface area contributed by atoms with Gasteiger partial charge in [0.05, 0.1) is 25.9 Å². The van der Waals surface area contributed by atoms with Crippen molar-refractivity contribution in [2.24, 2.45) is 5.73 Å². The van der Waals surface area contributed by atoms with Crippen molar-refractivity contribution in [1.29, 1.82) is 0 Å². The van der Waals surface area contributed by atoms with Gasteiger partial charge < -0.3 is 20.9 Å². The Bertz CT molecular complexity index is 436. The molecule has 1 aromatic carbocycles. The van der Waals surface area contributed by atoms with E-state index in [0.29, 0.717) is 32.8 Å². The summed E-state index contributed by atoms with van der Waals surface area (Å²) in [6, 6.07) is 7.48. The molecule has 1 aliphatic rings. The van der Waals surface area contributed by atoms with Gasteiger partial charge in [-0.1, -0.05) is 12.1 Å². The van der Waals surface area contributed by atoms with Gasteiger partial charge in [0.15, 0.2) is 0 Å². The summed E-state index contributed by atoms with van der Waals surface area (Å²) in [6.45, 7) is 2.61. The zero-order chi connectivity index (χ0) is 14.4. The van der Waals surface area contributed by atoms with Crippen molar-refractivity contribution < 1.29 is 14.6 Å². The number of ether oxygens (including phenoxy) is 1. The maximum absolute atomic E-state index is 11.9. The topological polar surface area (TPSA) is 87.8 Å². The standard InChI is InChI=1S/C14H21N3O3/c15-7-11-1-3-12(4-2-11)16-14(19)9-17-5-6-20-13(8-17)10-18/h1-4,13,18H,5-10,15H2,(H,16,19). The SMILES string of the molecule is NCc1ccc(NC(=O)CN2CCOC(CO)C2)cc1. The summed E-state index contributed by atoms with van der Waals surface area (Å²) in [7, 11) is 0. The Morgan fingerprint density at radius 3 is 2.85 bits per heavy atom. The summed E-state index contributed by atoms with van der Waals surface area (Å²) in [5.74, 6) is -0.0657. The van der Waals surface area contributed by atoms with Crippen LogP contribution >= 0.6 is 0 Å². The zero-order valence-corrected chi connectivity index (χ0v) is 11.4. The molecule has 6 heteroatoms. The van der Waals surface area contributed by atoms with E-state index in [4.69, 9.17) is 15.6 Å². The van der Waals surface area contributed by atoms with Crippen molar-refractivity contribution in [2.45, 2.75) is 12.6 Å². The average Bonchev–Trinajstić information content (AvgIpc) is 2.48. The highest BCUT2D eigenvalue weighted by Gasteiger charge is 2.21. The maximum Gasteiger partial charge on any atom is 0.238 e. The lowest BCUT2D eigenvalue weighted by molar-refractivity contribution is -0.120. The Morgan fingerprint density at radius 1 is 1.45 bits per heavy atom. The molecule has 1 aliphatic heterocycles.